The molecule has 1 aromatic carbocycles. The Labute approximate surface area is 112 Å². The Bertz CT molecular complexity index is 407. The van der Waals surface area contributed by atoms with Crippen LogP contribution in [0.15, 0.2) is 60.2 Å². The molecular weight excluding hydrogens is 216 g/mol. The van der Waals surface area contributed by atoms with Gasteiger partial charge in [-0.2, -0.15) is 0 Å². The third-order valence-corrected chi connectivity index (χ3v) is 2.87. The maximum absolute atomic E-state index is 2.33. The quantitative estimate of drug-likeness (QED) is 0.627. The maximum Gasteiger partial charge on any atom is -0.0256 e. The Balaban J connectivity index is 0.000000771. The summed E-state index contributed by atoms with van der Waals surface area (Å²) in [6, 6.07) is 10.4. The van der Waals surface area contributed by atoms with Gasteiger partial charge in [0.05, 0.1) is 0 Å². The van der Waals surface area contributed by atoms with Crippen molar-refractivity contribution in [3.63, 3.8) is 0 Å². The van der Waals surface area contributed by atoms with Crippen molar-refractivity contribution in [2.24, 2.45) is 5.92 Å². The highest BCUT2D eigenvalue weighted by Gasteiger charge is 2.00. The van der Waals surface area contributed by atoms with Crippen molar-refractivity contribution < 1.29 is 0 Å². The number of allylic oxidation sites excluding steroid dienone is 5. The van der Waals surface area contributed by atoms with Crippen LogP contribution >= 0.6 is 0 Å². The smallest absolute Gasteiger partial charge is 0.0256 e. The second-order valence-corrected chi connectivity index (χ2v) is 4.43. The van der Waals surface area contributed by atoms with E-state index in [2.05, 4.69) is 61.6 Å². The van der Waals surface area contributed by atoms with Crippen LogP contribution in [0.5, 0.6) is 0 Å². The molecule has 1 aromatic rings. The van der Waals surface area contributed by atoms with E-state index in [4.69, 9.17) is 0 Å². The van der Waals surface area contributed by atoms with E-state index in [9.17, 15) is 0 Å². The van der Waals surface area contributed by atoms with Gasteiger partial charge in [0, 0.05) is 0 Å². The molecule has 0 saturated heterocycles. The predicted molar refractivity (Wildman–Crippen MR) is 82.4 cm³/mol. The Morgan fingerprint density at radius 3 is 2.44 bits per heavy atom. The summed E-state index contributed by atoms with van der Waals surface area (Å²) in [5.74, 6) is 0.777. The summed E-state index contributed by atoms with van der Waals surface area (Å²) in [6.07, 6.45) is 13.6. The fourth-order valence-corrected chi connectivity index (χ4v) is 1.82. The van der Waals surface area contributed by atoms with Gasteiger partial charge in [0.2, 0.25) is 0 Å². The topological polar surface area (TPSA) is 0 Å². The van der Waals surface area contributed by atoms with Crippen LogP contribution < -0.4 is 0 Å². The summed E-state index contributed by atoms with van der Waals surface area (Å²) in [5, 5.41) is 0. The lowest BCUT2D eigenvalue weighted by Crippen LogP contribution is -1.87. The standard InChI is InChI=1S/C16H18.C2H6/c1-14-6-5-9-16(11-10-14)13-12-15-7-3-2-4-8-15;1-2/h2-5,7-9,11-14H,6,10H2,1H3;1-2H3/b13-12+;. The van der Waals surface area contributed by atoms with Gasteiger partial charge in [-0.15, -0.1) is 0 Å². The summed E-state index contributed by atoms with van der Waals surface area (Å²) >= 11 is 0. The molecule has 0 N–H and O–H groups in total. The van der Waals surface area contributed by atoms with Gasteiger partial charge in [0.15, 0.2) is 0 Å². The van der Waals surface area contributed by atoms with Crippen LogP contribution in [0.25, 0.3) is 6.08 Å². The van der Waals surface area contributed by atoms with Crippen LogP contribution in [0, 0.1) is 5.92 Å². The molecule has 0 aliphatic heterocycles. The second-order valence-electron chi connectivity index (χ2n) is 4.43. The molecule has 0 spiro atoms. The highest BCUT2D eigenvalue weighted by atomic mass is 14.1. The number of hydrogen-bond donors (Lipinski definition) is 0. The second kappa shape index (κ2) is 8.52. The van der Waals surface area contributed by atoms with Crippen molar-refractivity contribution in [1.82, 2.24) is 0 Å². The highest BCUT2D eigenvalue weighted by Crippen LogP contribution is 2.17. The average molecular weight is 240 g/mol. The van der Waals surface area contributed by atoms with Crippen molar-refractivity contribution >= 4 is 6.08 Å². The minimum atomic E-state index is 0.777. The zero-order chi connectivity index (χ0) is 13.2. The molecule has 0 saturated carbocycles. The van der Waals surface area contributed by atoms with Gasteiger partial charge in [0.1, 0.15) is 0 Å². The predicted octanol–water partition coefficient (Wildman–Crippen LogP) is 5.64. The monoisotopic (exact) mass is 240 g/mol. The van der Waals surface area contributed by atoms with Crippen LogP contribution in [0.3, 0.4) is 0 Å². The van der Waals surface area contributed by atoms with Gasteiger partial charge in [-0.25, -0.2) is 0 Å². The summed E-state index contributed by atoms with van der Waals surface area (Å²) in [6.45, 7) is 6.30. The molecule has 1 aliphatic carbocycles. The fraction of sp³-hybridized carbons (Fsp3) is 0.333. The van der Waals surface area contributed by atoms with E-state index in [1.807, 2.05) is 19.9 Å². The molecule has 0 nitrogen and oxygen atoms in total. The van der Waals surface area contributed by atoms with Gasteiger partial charge in [0.25, 0.3) is 0 Å². The summed E-state index contributed by atoms with van der Waals surface area (Å²) in [7, 11) is 0. The van der Waals surface area contributed by atoms with E-state index in [1.165, 1.54) is 24.0 Å². The largest absolute Gasteiger partial charge is 0.0837 e. The molecule has 1 atom stereocenters. The average Bonchev–Trinajstić information content (AvgIpc) is 2.65. The van der Waals surface area contributed by atoms with E-state index in [1.54, 1.807) is 0 Å². The lowest BCUT2D eigenvalue weighted by molar-refractivity contribution is 0.606. The Hall–Kier alpha value is -1.56. The highest BCUT2D eigenvalue weighted by molar-refractivity contribution is 5.54. The van der Waals surface area contributed by atoms with Crippen LogP contribution in [0.1, 0.15) is 39.2 Å². The summed E-state index contributed by atoms with van der Waals surface area (Å²) in [4.78, 5) is 0. The van der Waals surface area contributed by atoms with Crippen LogP contribution in [-0.2, 0) is 0 Å². The lowest BCUT2D eigenvalue weighted by Gasteiger charge is -2.00. The fourth-order valence-electron chi connectivity index (χ4n) is 1.82. The van der Waals surface area contributed by atoms with Gasteiger partial charge >= 0.3 is 0 Å². The third-order valence-electron chi connectivity index (χ3n) is 2.87. The molecule has 0 fully saturated rings. The summed E-state index contributed by atoms with van der Waals surface area (Å²) < 4.78 is 0. The Morgan fingerprint density at radius 1 is 1.00 bits per heavy atom. The van der Waals surface area contributed by atoms with Crippen LogP contribution in [-0.4, -0.2) is 0 Å². The SMILES string of the molecule is CC.CC1CC=CC(/C=C/c2ccccc2)=CC1. The minimum Gasteiger partial charge on any atom is -0.0837 e. The van der Waals surface area contributed by atoms with Crippen LogP contribution in [0.2, 0.25) is 0 Å². The molecule has 0 amide bonds. The first-order chi connectivity index (χ1) is 8.84. The van der Waals surface area contributed by atoms with Crippen molar-refractivity contribution in [2.45, 2.75) is 33.6 Å². The first kappa shape index (κ1) is 14.5. The normalized spacial score (nSPS) is 18.8. The molecule has 0 aromatic heterocycles. The Kier molecular flexibility index (Phi) is 6.86. The van der Waals surface area contributed by atoms with Gasteiger partial charge in [-0.3, -0.25) is 0 Å². The molecule has 0 heteroatoms. The molecule has 2 rings (SSSR count). The maximum atomic E-state index is 2.33. The van der Waals surface area contributed by atoms with E-state index in [0.717, 1.165) is 5.92 Å². The number of rotatable bonds is 2. The van der Waals surface area contributed by atoms with Crippen molar-refractivity contribution in [2.75, 3.05) is 0 Å². The van der Waals surface area contributed by atoms with Gasteiger partial charge < -0.3 is 0 Å². The lowest BCUT2D eigenvalue weighted by atomic mass is 10.1. The number of benzene rings is 1. The molecule has 0 radical (unpaired) electrons. The Morgan fingerprint density at radius 2 is 1.72 bits per heavy atom. The zero-order valence-electron chi connectivity index (χ0n) is 11.8. The van der Waals surface area contributed by atoms with Crippen LogP contribution in [0.4, 0.5) is 0 Å². The molecule has 1 unspecified atom stereocenters. The van der Waals surface area contributed by atoms with Gasteiger partial charge in [-0.1, -0.05) is 81.5 Å². The van der Waals surface area contributed by atoms with Gasteiger partial charge in [-0.05, 0) is 29.9 Å². The first-order valence-electron chi connectivity index (χ1n) is 6.94. The van der Waals surface area contributed by atoms with Crippen molar-refractivity contribution in [1.29, 1.82) is 0 Å². The first-order valence-corrected chi connectivity index (χ1v) is 6.94. The summed E-state index contributed by atoms with van der Waals surface area (Å²) in [5.41, 5.74) is 2.59. The third kappa shape index (κ3) is 5.18. The van der Waals surface area contributed by atoms with E-state index in [-0.39, 0.29) is 0 Å². The molecular formula is C18H24. The zero-order valence-corrected chi connectivity index (χ0v) is 11.8. The van der Waals surface area contributed by atoms with E-state index < -0.39 is 0 Å². The van der Waals surface area contributed by atoms with E-state index in [0.29, 0.717) is 0 Å². The minimum absolute atomic E-state index is 0.777. The van der Waals surface area contributed by atoms with E-state index >= 15 is 0 Å². The van der Waals surface area contributed by atoms with Crippen molar-refractivity contribution in [3.05, 3.63) is 65.8 Å². The number of hydrogen-bond acceptors (Lipinski definition) is 0. The molecule has 96 valence electrons. The molecule has 0 heterocycles. The van der Waals surface area contributed by atoms with Crippen molar-refractivity contribution in [3.8, 4) is 0 Å². The molecule has 0 bridgehead atoms. The molecule has 18 heavy (non-hydrogen) atoms. The molecule has 1 aliphatic rings.